The summed E-state index contributed by atoms with van der Waals surface area (Å²) in [7, 11) is 1.68. The van der Waals surface area contributed by atoms with E-state index in [-0.39, 0.29) is 5.38 Å². The van der Waals surface area contributed by atoms with Crippen molar-refractivity contribution in [2.45, 2.75) is 12.3 Å². The second-order valence-electron chi connectivity index (χ2n) is 4.58. The van der Waals surface area contributed by atoms with Crippen LogP contribution in [-0.4, -0.2) is 20.2 Å². The van der Waals surface area contributed by atoms with Crippen molar-refractivity contribution in [2.75, 3.05) is 25.1 Å². The standard InChI is InChI=1S/C17H20ClNO/c1-3-19(14-9-5-4-6-10-14)13-16(18)15-11-7-8-12-17(15)20-2/h4-12,16H,3,13H2,1-2H3. The van der Waals surface area contributed by atoms with E-state index in [1.165, 1.54) is 5.69 Å². The first kappa shape index (κ1) is 14.7. The third-order valence-electron chi connectivity index (χ3n) is 3.36. The maximum absolute atomic E-state index is 6.59. The Morgan fingerprint density at radius 1 is 1.05 bits per heavy atom. The number of hydrogen-bond donors (Lipinski definition) is 0. The lowest BCUT2D eigenvalue weighted by Crippen LogP contribution is -2.26. The fourth-order valence-electron chi connectivity index (χ4n) is 2.27. The summed E-state index contributed by atoms with van der Waals surface area (Å²) >= 11 is 6.59. The molecule has 2 aromatic rings. The zero-order valence-electron chi connectivity index (χ0n) is 11.9. The fraction of sp³-hybridized carbons (Fsp3) is 0.294. The number of nitrogens with zero attached hydrogens (tertiary/aromatic N) is 1. The van der Waals surface area contributed by atoms with Gasteiger partial charge >= 0.3 is 0 Å². The summed E-state index contributed by atoms with van der Waals surface area (Å²) in [5, 5.41) is -0.105. The molecular formula is C17H20ClNO. The number of likely N-dealkylation sites (N-methyl/N-ethyl adjacent to an activating group) is 1. The van der Waals surface area contributed by atoms with Crippen LogP contribution in [0.1, 0.15) is 17.9 Å². The van der Waals surface area contributed by atoms with Crippen molar-refractivity contribution >= 4 is 17.3 Å². The number of para-hydroxylation sites is 2. The van der Waals surface area contributed by atoms with Gasteiger partial charge in [0, 0.05) is 24.3 Å². The first-order valence-electron chi connectivity index (χ1n) is 6.83. The molecule has 0 saturated carbocycles. The molecule has 0 fully saturated rings. The first-order valence-corrected chi connectivity index (χ1v) is 7.27. The van der Waals surface area contributed by atoms with E-state index < -0.39 is 0 Å². The van der Waals surface area contributed by atoms with Gasteiger partial charge in [0.15, 0.2) is 0 Å². The molecule has 0 aliphatic heterocycles. The predicted molar refractivity (Wildman–Crippen MR) is 85.9 cm³/mol. The number of benzene rings is 2. The molecule has 2 rings (SSSR count). The Balaban J connectivity index is 2.15. The van der Waals surface area contributed by atoms with Crippen LogP contribution in [0.2, 0.25) is 0 Å². The Kier molecular flexibility index (Phi) is 5.31. The van der Waals surface area contributed by atoms with Gasteiger partial charge in [0.25, 0.3) is 0 Å². The molecule has 0 saturated heterocycles. The Morgan fingerprint density at radius 3 is 2.35 bits per heavy atom. The van der Waals surface area contributed by atoms with Crippen molar-refractivity contribution < 1.29 is 4.74 Å². The molecule has 0 aliphatic carbocycles. The van der Waals surface area contributed by atoms with Crippen molar-refractivity contribution in [3.63, 3.8) is 0 Å². The van der Waals surface area contributed by atoms with Crippen LogP contribution < -0.4 is 9.64 Å². The lowest BCUT2D eigenvalue weighted by atomic mass is 10.1. The molecule has 2 aromatic carbocycles. The maximum atomic E-state index is 6.59. The molecule has 20 heavy (non-hydrogen) atoms. The minimum Gasteiger partial charge on any atom is -0.496 e. The molecule has 2 nitrogen and oxygen atoms in total. The summed E-state index contributed by atoms with van der Waals surface area (Å²) < 4.78 is 5.38. The maximum Gasteiger partial charge on any atom is 0.123 e. The van der Waals surface area contributed by atoms with Crippen LogP contribution in [0.15, 0.2) is 54.6 Å². The molecule has 0 aromatic heterocycles. The Labute approximate surface area is 125 Å². The molecule has 0 amide bonds. The van der Waals surface area contributed by atoms with Gasteiger partial charge in [0.2, 0.25) is 0 Å². The highest BCUT2D eigenvalue weighted by atomic mass is 35.5. The quantitative estimate of drug-likeness (QED) is 0.726. The number of alkyl halides is 1. The summed E-state index contributed by atoms with van der Waals surface area (Å²) in [6.45, 7) is 3.81. The van der Waals surface area contributed by atoms with Crippen LogP contribution >= 0.6 is 11.6 Å². The number of ether oxygens (including phenoxy) is 1. The Hall–Kier alpha value is -1.67. The smallest absolute Gasteiger partial charge is 0.123 e. The average molecular weight is 290 g/mol. The number of methoxy groups -OCH3 is 1. The van der Waals surface area contributed by atoms with Gasteiger partial charge in [0.1, 0.15) is 5.75 Å². The van der Waals surface area contributed by atoms with Crippen LogP contribution in [0.3, 0.4) is 0 Å². The summed E-state index contributed by atoms with van der Waals surface area (Å²) in [4.78, 5) is 2.27. The first-order chi connectivity index (χ1) is 9.76. The minimum absolute atomic E-state index is 0.105. The Morgan fingerprint density at radius 2 is 1.70 bits per heavy atom. The highest BCUT2D eigenvalue weighted by Crippen LogP contribution is 2.31. The van der Waals surface area contributed by atoms with E-state index in [1.807, 2.05) is 42.5 Å². The molecule has 0 heterocycles. The lowest BCUT2D eigenvalue weighted by Gasteiger charge is -2.26. The normalized spacial score (nSPS) is 11.9. The second-order valence-corrected chi connectivity index (χ2v) is 5.11. The largest absolute Gasteiger partial charge is 0.496 e. The average Bonchev–Trinajstić information content (AvgIpc) is 2.53. The van der Waals surface area contributed by atoms with Gasteiger partial charge < -0.3 is 9.64 Å². The van der Waals surface area contributed by atoms with E-state index in [2.05, 4.69) is 24.0 Å². The van der Waals surface area contributed by atoms with Crippen LogP contribution in [0.25, 0.3) is 0 Å². The van der Waals surface area contributed by atoms with E-state index in [4.69, 9.17) is 16.3 Å². The van der Waals surface area contributed by atoms with Gasteiger partial charge in [-0.2, -0.15) is 0 Å². The predicted octanol–water partition coefficient (Wildman–Crippen LogP) is 4.50. The fourth-order valence-corrected chi connectivity index (χ4v) is 2.62. The molecule has 0 aliphatic rings. The number of rotatable bonds is 6. The van der Waals surface area contributed by atoms with Gasteiger partial charge in [-0.1, -0.05) is 36.4 Å². The molecule has 1 unspecified atom stereocenters. The van der Waals surface area contributed by atoms with Crippen LogP contribution in [0, 0.1) is 0 Å². The van der Waals surface area contributed by atoms with E-state index in [0.717, 1.165) is 24.4 Å². The zero-order valence-corrected chi connectivity index (χ0v) is 12.7. The van der Waals surface area contributed by atoms with Gasteiger partial charge in [0.05, 0.1) is 12.5 Å². The second kappa shape index (κ2) is 7.20. The summed E-state index contributed by atoms with van der Waals surface area (Å²) in [6.07, 6.45) is 0. The van der Waals surface area contributed by atoms with E-state index in [0.29, 0.717) is 0 Å². The third kappa shape index (κ3) is 3.45. The van der Waals surface area contributed by atoms with Gasteiger partial charge in [-0.3, -0.25) is 0 Å². The van der Waals surface area contributed by atoms with Crippen molar-refractivity contribution in [3.8, 4) is 5.75 Å². The topological polar surface area (TPSA) is 12.5 Å². The number of anilines is 1. The van der Waals surface area contributed by atoms with Gasteiger partial charge in [-0.15, -0.1) is 11.6 Å². The summed E-state index contributed by atoms with van der Waals surface area (Å²) in [5.74, 6) is 0.844. The lowest BCUT2D eigenvalue weighted by molar-refractivity contribution is 0.409. The molecule has 0 spiro atoms. The summed E-state index contributed by atoms with van der Waals surface area (Å²) in [5.41, 5.74) is 2.22. The molecule has 0 N–H and O–H groups in total. The van der Waals surface area contributed by atoms with Crippen molar-refractivity contribution in [1.29, 1.82) is 0 Å². The highest BCUT2D eigenvalue weighted by Gasteiger charge is 2.16. The van der Waals surface area contributed by atoms with E-state index in [1.54, 1.807) is 7.11 Å². The molecule has 3 heteroatoms. The molecule has 1 atom stereocenters. The minimum atomic E-state index is -0.105. The molecule has 0 radical (unpaired) electrons. The van der Waals surface area contributed by atoms with Crippen molar-refractivity contribution in [1.82, 2.24) is 0 Å². The Bertz CT molecular complexity index is 530. The van der Waals surface area contributed by atoms with E-state index >= 15 is 0 Å². The zero-order chi connectivity index (χ0) is 14.4. The van der Waals surface area contributed by atoms with E-state index in [9.17, 15) is 0 Å². The van der Waals surface area contributed by atoms with Crippen LogP contribution in [0.4, 0.5) is 5.69 Å². The number of halogens is 1. The monoisotopic (exact) mass is 289 g/mol. The van der Waals surface area contributed by atoms with Crippen LogP contribution in [0.5, 0.6) is 5.75 Å². The third-order valence-corrected chi connectivity index (χ3v) is 3.73. The molecular weight excluding hydrogens is 270 g/mol. The molecule has 106 valence electrons. The summed E-state index contributed by atoms with van der Waals surface area (Å²) in [6, 6.07) is 18.3. The van der Waals surface area contributed by atoms with Gasteiger partial charge in [-0.25, -0.2) is 0 Å². The molecule has 0 bridgehead atoms. The highest BCUT2D eigenvalue weighted by molar-refractivity contribution is 6.21. The van der Waals surface area contributed by atoms with Crippen molar-refractivity contribution in [2.24, 2.45) is 0 Å². The van der Waals surface area contributed by atoms with Crippen molar-refractivity contribution in [3.05, 3.63) is 60.2 Å². The van der Waals surface area contributed by atoms with Crippen LogP contribution in [-0.2, 0) is 0 Å². The number of hydrogen-bond acceptors (Lipinski definition) is 2. The van der Waals surface area contributed by atoms with Gasteiger partial charge in [-0.05, 0) is 25.1 Å². The SMILES string of the molecule is CCN(CC(Cl)c1ccccc1OC)c1ccccc1.